The lowest BCUT2D eigenvalue weighted by Gasteiger charge is -2.22. The Morgan fingerprint density at radius 3 is 2.34 bits per heavy atom. The number of carbonyl (C=O) groups is 4. The Kier molecular flexibility index (Phi) is 9.64. The third-order valence-corrected chi connectivity index (χ3v) is 4.17. The molecular weight excluding hydrogens is 378 g/mol. The zero-order valence-electron chi connectivity index (χ0n) is 17.2. The standard InChI is InChI=1S/C20H29N3O6/c1-5-15(22-18(25)16(9-12(2)3)23-20(27)28)17(24)19(26)21-11-13-7-6-8-14(10-13)29-4/h6-8,10,12,15-16,23H,5,9,11H2,1-4H3,(H,21,26)(H,22,25)(H,27,28). The second kappa shape index (κ2) is 11.7. The molecule has 0 saturated heterocycles. The van der Waals surface area contributed by atoms with Crippen molar-refractivity contribution in [2.45, 2.75) is 52.2 Å². The first kappa shape index (κ1) is 23.9. The Bertz CT molecular complexity index is 735. The van der Waals surface area contributed by atoms with Gasteiger partial charge in [0.15, 0.2) is 0 Å². The minimum Gasteiger partial charge on any atom is -0.497 e. The van der Waals surface area contributed by atoms with Gasteiger partial charge in [0.25, 0.3) is 5.91 Å². The van der Waals surface area contributed by atoms with Gasteiger partial charge < -0.3 is 25.8 Å². The molecule has 3 amide bonds. The van der Waals surface area contributed by atoms with E-state index in [9.17, 15) is 19.2 Å². The molecule has 0 aliphatic heterocycles. The molecule has 9 nitrogen and oxygen atoms in total. The molecule has 9 heteroatoms. The van der Waals surface area contributed by atoms with Gasteiger partial charge in [0.2, 0.25) is 11.7 Å². The Morgan fingerprint density at radius 1 is 1.10 bits per heavy atom. The molecule has 0 radical (unpaired) electrons. The van der Waals surface area contributed by atoms with Gasteiger partial charge in [-0.15, -0.1) is 0 Å². The maximum absolute atomic E-state index is 12.4. The molecular formula is C20H29N3O6. The van der Waals surface area contributed by atoms with Crippen molar-refractivity contribution in [1.82, 2.24) is 16.0 Å². The maximum atomic E-state index is 12.4. The molecule has 1 aromatic carbocycles. The van der Waals surface area contributed by atoms with E-state index in [1.165, 1.54) is 7.11 Å². The summed E-state index contributed by atoms with van der Waals surface area (Å²) in [6.07, 6.45) is -0.870. The predicted molar refractivity (Wildman–Crippen MR) is 106 cm³/mol. The first-order chi connectivity index (χ1) is 13.7. The van der Waals surface area contributed by atoms with Crippen LogP contribution >= 0.6 is 0 Å². The van der Waals surface area contributed by atoms with E-state index in [-0.39, 0.29) is 25.3 Å². The van der Waals surface area contributed by atoms with Crippen LogP contribution in [0, 0.1) is 5.92 Å². The van der Waals surface area contributed by atoms with Gasteiger partial charge in [-0.1, -0.05) is 32.9 Å². The molecule has 0 aliphatic carbocycles. The Hall–Kier alpha value is -3.10. The summed E-state index contributed by atoms with van der Waals surface area (Å²) in [6.45, 7) is 5.47. The van der Waals surface area contributed by atoms with Crippen molar-refractivity contribution >= 4 is 23.7 Å². The fraction of sp³-hybridized carbons (Fsp3) is 0.500. The van der Waals surface area contributed by atoms with Crippen LogP contribution in [0.3, 0.4) is 0 Å². The molecule has 0 saturated carbocycles. The van der Waals surface area contributed by atoms with E-state index in [2.05, 4.69) is 16.0 Å². The number of rotatable bonds is 11. The highest BCUT2D eigenvalue weighted by Gasteiger charge is 2.29. The van der Waals surface area contributed by atoms with Gasteiger partial charge in [0, 0.05) is 6.54 Å². The van der Waals surface area contributed by atoms with Crippen LogP contribution in [-0.2, 0) is 20.9 Å². The van der Waals surface area contributed by atoms with Gasteiger partial charge in [-0.05, 0) is 36.5 Å². The molecule has 160 valence electrons. The number of hydrogen-bond acceptors (Lipinski definition) is 5. The lowest BCUT2D eigenvalue weighted by atomic mass is 10.0. The number of benzene rings is 1. The van der Waals surface area contributed by atoms with Gasteiger partial charge in [-0.3, -0.25) is 14.4 Å². The van der Waals surface area contributed by atoms with Crippen LogP contribution in [0.25, 0.3) is 0 Å². The van der Waals surface area contributed by atoms with Gasteiger partial charge in [-0.2, -0.15) is 0 Å². The summed E-state index contributed by atoms with van der Waals surface area (Å²) >= 11 is 0. The molecule has 2 atom stereocenters. The molecule has 0 fully saturated rings. The second-order valence-corrected chi connectivity index (χ2v) is 7.00. The van der Waals surface area contributed by atoms with Crippen LogP contribution in [0.15, 0.2) is 24.3 Å². The lowest BCUT2D eigenvalue weighted by Crippen LogP contribution is -2.53. The molecule has 1 aromatic rings. The van der Waals surface area contributed by atoms with Gasteiger partial charge in [0.1, 0.15) is 11.8 Å². The maximum Gasteiger partial charge on any atom is 0.405 e. The van der Waals surface area contributed by atoms with Crippen LogP contribution in [0.1, 0.15) is 39.2 Å². The van der Waals surface area contributed by atoms with Gasteiger partial charge in [-0.25, -0.2) is 4.79 Å². The molecule has 4 N–H and O–H groups in total. The van der Waals surface area contributed by atoms with Crippen molar-refractivity contribution in [3.05, 3.63) is 29.8 Å². The van der Waals surface area contributed by atoms with E-state index in [0.29, 0.717) is 5.75 Å². The van der Waals surface area contributed by atoms with Crippen molar-refractivity contribution in [3.8, 4) is 5.75 Å². The van der Waals surface area contributed by atoms with Crippen molar-refractivity contribution in [1.29, 1.82) is 0 Å². The van der Waals surface area contributed by atoms with Crippen LogP contribution in [0.2, 0.25) is 0 Å². The first-order valence-electron chi connectivity index (χ1n) is 9.42. The number of Topliss-reactive ketones (excluding diaryl/α,β-unsaturated/α-hetero) is 1. The second-order valence-electron chi connectivity index (χ2n) is 7.00. The first-order valence-corrected chi connectivity index (χ1v) is 9.42. The molecule has 0 aliphatic rings. The zero-order chi connectivity index (χ0) is 22.0. The summed E-state index contributed by atoms with van der Waals surface area (Å²) in [7, 11) is 1.53. The number of nitrogens with one attached hydrogen (secondary N) is 3. The average molecular weight is 407 g/mol. The monoisotopic (exact) mass is 407 g/mol. The molecule has 0 spiro atoms. The number of ether oxygens (including phenoxy) is 1. The Balaban J connectivity index is 2.71. The van der Waals surface area contributed by atoms with Crippen molar-refractivity contribution in [3.63, 3.8) is 0 Å². The minimum atomic E-state index is -1.33. The summed E-state index contributed by atoms with van der Waals surface area (Å²) in [5.74, 6) is -1.57. The molecule has 29 heavy (non-hydrogen) atoms. The summed E-state index contributed by atoms with van der Waals surface area (Å²) in [5.41, 5.74) is 0.755. The fourth-order valence-corrected chi connectivity index (χ4v) is 2.69. The third-order valence-electron chi connectivity index (χ3n) is 4.17. The number of ketones is 1. The number of carbonyl (C=O) groups excluding carboxylic acids is 3. The SMILES string of the molecule is CCC(NC(=O)C(CC(C)C)NC(=O)O)C(=O)C(=O)NCc1cccc(OC)c1. The van der Waals surface area contributed by atoms with E-state index in [4.69, 9.17) is 9.84 Å². The van der Waals surface area contributed by atoms with Crippen LogP contribution in [-0.4, -0.2) is 48.0 Å². The van der Waals surface area contributed by atoms with E-state index >= 15 is 0 Å². The van der Waals surface area contributed by atoms with Gasteiger partial charge in [0.05, 0.1) is 13.2 Å². The highest BCUT2D eigenvalue weighted by molar-refractivity contribution is 6.38. The highest BCUT2D eigenvalue weighted by atomic mass is 16.5. The molecule has 2 unspecified atom stereocenters. The Morgan fingerprint density at radius 2 is 1.79 bits per heavy atom. The molecule has 0 aromatic heterocycles. The normalized spacial score (nSPS) is 12.6. The lowest BCUT2D eigenvalue weighted by molar-refractivity contribution is -0.140. The minimum absolute atomic E-state index is 0.0551. The number of carboxylic acid groups (broad SMARTS) is 1. The largest absolute Gasteiger partial charge is 0.497 e. The summed E-state index contributed by atoms with van der Waals surface area (Å²) < 4.78 is 5.11. The van der Waals surface area contributed by atoms with E-state index in [1.54, 1.807) is 31.2 Å². The number of methoxy groups -OCH3 is 1. The molecule has 1 rings (SSSR count). The van der Waals surface area contributed by atoms with Crippen molar-refractivity contribution < 1.29 is 29.0 Å². The van der Waals surface area contributed by atoms with Crippen molar-refractivity contribution in [2.24, 2.45) is 5.92 Å². The number of hydrogen-bond donors (Lipinski definition) is 4. The molecule has 0 heterocycles. The summed E-state index contributed by atoms with van der Waals surface area (Å²) in [6, 6.07) is 4.99. The number of amides is 3. The third kappa shape index (κ3) is 8.20. The summed E-state index contributed by atoms with van der Waals surface area (Å²) in [4.78, 5) is 48.0. The van der Waals surface area contributed by atoms with Gasteiger partial charge >= 0.3 is 6.09 Å². The predicted octanol–water partition coefficient (Wildman–Crippen LogP) is 1.46. The van der Waals surface area contributed by atoms with Crippen LogP contribution < -0.4 is 20.7 Å². The van der Waals surface area contributed by atoms with Crippen LogP contribution in [0.5, 0.6) is 5.75 Å². The Labute approximate surface area is 170 Å². The summed E-state index contributed by atoms with van der Waals surface area (Å²) in [5, 5.41) is 16.1. The van der Waals surface area contributed by atoms with Crippen molar-refractivity contribution in [2.75, 3.05) is 7.11 Å². The van der Waals surface area contributed by atoms with E-state index < -0.39 is 35.8 Å². The molecule has 0 bridgehead atoms. The van der Waals surface area contributed by atoms with E-state index in [1.807, 2.05) is 13.8 Å². The fourth-order valence-electron chi connectivity index (χ4n) is 2.69. The quantitative estimate of drug-likeness (QED) is 0.410. The average Bonchev–Trinajstić information content (AvgIpc) is 2.68. The van der Waals surface area contributed by atoms with E-state index in [0.717, 1.165) is 5.56 Å². The zero-order valence-corrected chi connectivity index (χ0v) is 17.2. The smallest absolute Gasteiger partial charge is 0.405 e. The van der Waals surface area contributed by atoms with Crippen LogP contribution in [0.4, 0.5) is 4.79 Å². The topological polar surface area (TPSA) is 134 Å². The highest BCUT2D eigenvalue weighted by Crippen LogP contribution is 2.12.